The minimum Gasteiger partial charge on any atom is -0.494 e. The number of fused-ring (bicyclic) bond motifs is 2. The molecule has 7 heteroatoms. The summed E-state index contributed by atoms with van der Waals surface area (Å²) in [5.74, 6) is 1.40. The van der Waals surface area contributed by atoms with Gasteiger partial charge in [-0.3, -0.25) is 0 Å². The van der Waals surface area contributed by atoms with Gasteiger partial charge in [0.1, 0.15) is 24.1 Å². The number of aliphatic hydroxyl groups is 4. The molecule has 0 saturated heterocycles. The van der Waals surface area contributed by atoms with Crippen LogP contribution in [0.15, 0.2) is 24.3 Å². The number of hydrogen-bond donors (Lipinski definition) is 4. The van der Waals surface area contributed by atoms with E-state index in [9.17, 15) is 20.4 Å². The van der Waals surface area contributed by atoms with Gasteiger partial charge in [0.15, 0.2) is 0 Å². The molecular weight excluding hydrogens is 374 g/mol. The first kappa shape index (κ1) is 22.3. The molecule has 2 aliphatic rings. The highest BCUT2D eigenvalue weighted by Crippen LogP contribution is 2.32. The summed E-state index contributed by atoms with van der Waals surface area (Å²) < 4.78 is 11.6. The van der Waals surface area contributed by atoms with Gasteiger partial charge in [0.05, 0.1) is 19.3 Å². The fraction of sp³-hybridized carbons (Fsp3) is 0.727. The lowest BCUT2D eigenvalue weighted by Gasteiger charge is -2.34. The van der Waals surface area contributed by atoms with Gasteiger partial charge in [-0.2, -0.15) is 0 Å². The van der Waals surface area contributed by atoms with E-state index in [0.29, 0.717) is 19.1 Å². The van der Waals surface area contributed by atoms with E-state index in [1.54, 1.807) is 0 Å². The molecule has 1 aliphatic carbocycles. The third-order valence-electron chi connectivity index (χ3n) is 5.68. The van der Waals surface area contributed by atoms with Crippen LogP contribution in [0.5, 0.6) is 5.75 Å². The summed E-state index contributed by atoms with van der Waals surface area (Å²) in [6, 6.07) is 7.84. The zero-order valence-corrected chi connectivity index (χ0v) is 17.0. The molecule has 29 heavy (non-hydrogen) atoms. The van der Waals surface area contributed by atoms with E-state index in [2.05, 4.69) is 4.90 Å². The monoisotopic (exact) mass is 409 g/mol. The fourth-order valence-corrected chi connectivity index (χ4v) is 3.73. The minimum absolute atomic E-state index is 0.207. The van der Waals surface area contributed by atoms with Crippen molar-refractivity contribution in [3.63, 3.8) is 0 Å². The van der Waals surface area contributed by atoms with Gasteiger partial charge in [-0.1, -0.05) is 12.5 Å². The summed E-state index contributed by atoms with van der Waals surface area (Å²) in [6.45, 7) is 1.48. The number of anilines is 1. The van der Waals surface area contributed by atoms with Crippen LogP contribution < -0.4 is 9.64 Å². The van der Waals surface area contributed by atoms with Gasteiger partial charge in [-0.05, 0) is 50.2 Å². The Labute approximate surface area is 172 Å². The molecule has 4 atom stereocenters. The lowest BCUT2D eigenvalue weighted by atomic mass is 10.0. The van der Waals surface area contributed by atoms with Gasteiger partial charge in [0, 0.05) is 31.5 Å². The standard InChI is InChI=1S/C22H35NO6/c24-15-20(26)22-21(27)19(25)14-23(13-16-8-9-16)17-6-5-7-18(12-17)28-10-3-1-2-4-11-29-22/h5-7,12,16,19-22,24-27H,1-4,8-11,13-15H2/t19-,20-,21-,22-/m1/s1. The zero-order valence-electron chi connectivity index (χ0n) is 17.0. The van der Waals surface area contributed by atoms with Gasteiger partial charge in [0.2, 0.25) is 0 Å². The van der Waals surface area contributed by atoms with E-state index < -0.39 is 31.0 Å². The normalized spacial score (nSPS) is 28.6. The van der Waals surface area contributed by atoms with Gasteiger partial charge in [-0.15, -0.1) is 0 Å². The van der Waals surface area contributed by atoms with Crippen molar-refractivity contribution in [1.82, 2.24) is 0 Å². The van der Waals surface area contributed by atoms with Crippen LogP contribution >= 0.6 is 0 Å². The second-order valence-electron chi connectivity index (χ2n) is 8.25. The third-order valence-corrected chi connectivity index (χ3v) is 5.68. The van der Waals surface area contributed by atoms with E-state index in [1.807, 2.05) is 24.3 Å². The van der Waals surface area contributed by atoms with Crippen LogP contribution in [-0.4, -0.2) is 77.8 Å². The second kappa shape index (κ2) is 11.1. The van der Waals surface area contributed by atoms with Crippen molar-refractivity contribution in [2.45, 2.75) is 62.9 Å². The predicted octanol–water partition coefficient (Wildman–Crippen LogP) is 1.32. The SMILES string of the molecule is OC[C@@H](O)[C@H]1OCCCCCCOc2cccc(c2)N(CC2CC2)C[C@@H](O)[C@H]1O. The lowest BCUT2D eigenvalue weighted by Crippen LogP contribution is -2.51. The highest BCUT2D eigenvalue weighted by molar-refractivity contribution is 5.51. The Balaban J connectivity index is 1.79. The highest BCUT2D eigenvalue weighted by Gasteiger charge is 2.34. The van der Waals surface area contributed by atoms with Gasteiger partial charge < -0.3 is 34.8 Å². The van der Waals surface area contributed by atoms with Crippen molar-refractivity contribution < 1.29 is 29.9 Å². The molecule has 0 spiro atoms. The number of rotatable bonds is 4. The molecule has 1 aliphatic heterocycles. The summed E-state index contributed by atoms with van der Waals surface area (Å²) in [5, 5.41) is 40.9. The average Bonchev–Trinajstić information content (AvgIpc) is 3.55. The molecule has 164 valence electrons. The molecule has 0 amide bonds. The van der Waals surface area contributed by atoms with Crippen molar-refractivity contribution in [2.24, 2.45) is 5.92 Å². The van der Waals surface area contributed by atoms with Crippen LogP contribution in [0.25, 0.3) is 0 Å². The molecule has 3 rings (SSSR count). The molecular formula is C22H35NO6. The summed E-state index contributed by atoms with van der Waals surface area (Å²) in [7, 11) is 0. The van der Waals surface area contributed by atoms with Crippen LogP contribution in [0.4, 0.5) is 5.69 Å². The first-order valence-electron chi connectivity index (χ1n) is 10.8. The Bertz CT molecular complexity index is 611. The van der Waals surface area contributed by atoms with E-state index in [-0.39, 0.29) is 6.54 Å². The smallest absolute Gasteiger partial charge is 0.121 e. The van der Waals surface area contributed by atoms with Gasteiger partial charge in [0.25, 0.3) is 0 Å². The van der Waals surface area contributed by atoms with Gasteiger partial charge >= 0.3 is 0 Å². The van der Waals surface area contributed by atoms with E-state index in [4.69, 9.17) is 9.47 Å². The largest absolute Gasteiger partial charge is 0.494 e. The van der Waals surface area contributed by atoms with Crippen LogP contribution in [0.3, 0.4) is 0 Å². The van der Waals surface area contributed by atoms with E-state index in [1.165, 1.54) is 12.8 Å². The fourth-order valence-electron chi connectivity index (χ4n) is 3.73. The maximum absolute atomic E-state index is 10.7. The highest BCUT2D eigenvalue weighted by atomic mass is 16.5. The third kappa shape index (κ3) is 6.83. The maximum Gasteiger partial charge on any atom is 0.121 e. The van der Waals surface area contributed by atoms with Crippen molar-refractivity contribution in [3.8, 4) is 5.75 Å². The number of benzene rings is 1. The number of ether oxygens (including phenoxy) is 2. The van der Waals surface area contributed by atoms with Crippen LogP contribution in [0, 0.1) is 5.92 Å². The van der Waals surface area contributed by atoms with Crippen LogP contribution in [0.2, 0.25) is 0 Å². The van der Waals surface area contributed by atoms with E-state index >= 15 is 0 Å². The van der Waals surface area contributed by atoms with Crippen molar-refractivity contribution in [3.05, 3.63) is 24.3 Å². The Hall–Kier alpha value is -1.38. The molecule has 4 N–H and O–H groups in total. The molecule has 1 fully saturated rings. The second-order valence-corrected chi connectivity index (χ2v) is 8.25. The van der Waals surface area contributed by atoms with Crippen LogP contribution in [-0.2, 0) is 4.74 Å². The molecule has 0 aromatic heterocycles. The first-order chi connectivity index (χ1) is 14.1. The summed E-state index contributed by atoms with van der Waals surface area (Å²) in [5.41, 5.74) is 0.938. The maximum atomic E-state index is 10.7. The van der Waals surface area contributed by atoms with Crippen molar-refractivity contribution in [1.29, 1.82) is 0 Å². The van der Waals surface area contributed by atoms with Crippen LogP contribution in [0.1, 0.15) is 38.5 Å². The lowest BCUT2D eigenvalue weighted by molar-refractivity contribution is -0.141. The quantitative estimate of drug-likeness (QED) is 0.595. The number of aliphatic hydroxyl groups excluding tert-OH is 4. The summed E-state index contributed by atoms with van der Waals surface area (Å²) in [6.07, 6.45) is 1.30. The summed E-state index contributed by atoms with van der Waals surface area (Å²) in [4.78, 5) is 2.06. The minimum atomic E-state index is -1.30. The van der Waals surface area contributed by atoms with E-state index in [0.717, 1.165) is 43.7 Å². The topological polar surface area (TPSA) is 103 Å². The average molecular weight is 410 g/mol. The summed E-state index contributed by atoms with van der Waals surface area (Å²) >= 11 is 0. The molecule has 1 saturated carbocycles. The molecule has 1 aromatic rings. The Morgan fingerprint density at radius 2 is 1.83 bits per heavy atom. The first-order valence-corrected chi connectivity index (χ1v) is 10.8. The van der Waals surface area contributed by atoms with Crippen molar-refractivity contribution >= 4 is 5.69 Å². The molecule has 7 nitrogen and oxygen atoms in total. The Morgan fingerprint density at radius 3 is 2.55 bits per heavy atom. The van der Waals surface area contributed by atoms with Gasteiger partial charge in [-0.25, -0.2) is 0 Å². The molecule has 1 heterocycles. The molecule has 1 aromatic carbocycles. The number of nitrogens with zero attached hydrogens (tertiary/aromatic N) is 1. The number of hydrogen-bond acceptors (Lipinski definition) is 7. The molecule has 0 unspecified atom stereocenters. The van der Waals surface area contributed by atoms with Crippen molar-refractivity contribution in [2.75, 3.05) is 37.8 Å². The predicted molar refractivity (Wildman–Crippen MR) is 110 cm³/mol. The Kier molecular flexibility index (Phi) is 8.56. The number of β-amino-alcohol motifs (C(OH)–C–C–N with tert-alkyl or cyclic N) is 1. The zero-order chi connectivity index (χ0) is 20.6. The molecule has 0 radical (unpaired) electrons. The Morgan fingerprint density at radius 1 is 1.07 bits per heavy atom. The molecule has 2 bridgehead atoms.